The summed E-state index contributed by atoms with van der Waals surface area (Å²) in [7, 11) is 1.61. The Morgan fingerprint density at radius 3 is 2.69 bits per heavy atom. The van der Waals surface area contributed by atoms with Gasteiger partial charge in [-0.05, 0) is 43.7 Å². The van der Waals surface area contributed by atoms with E-state index >= 15 is 0 Å². The average Bonchev–Trinajstić information content (AvgIpc) is 2.97. The predicted octanol–water partition coefficient (Wildman–Crippen LogP) is 2.98. The van der Waals surface area contributed by atoms with Gasteiger partial charge in [0.25, 0.3) is 5.91 Å². The Hall–Kier alpha value is -3.44. The average molecular weight is 399 g/mol. The topological polar surface area (TPSA) is 93.3 Å². The molecule has 0 saturated heterocycles. The van der Waals surface area contributed by atoms with Crippen molar-refractivity contribution in [2.75, 3.05) is 25.6 Å². The molecular formula is C21H22FN3O4. The molecule has 7 nitrogen and oxygen atoms in total. The summed E-state index contributed by atoms with van der Waals surface area (Å²) < 4.78 is 25.5. The van der Waals surface area contributed by atoms with Crippen LogP contribution in [0.5, 0.6) is 0 Å². The molecule has 0 fully saturated rings. The van der Waals surface area contributed by atoms with Crippen molar-refractivity contribution in [1.29, 1.82) is 5.26 Å². The van der Waals surface area contributed by atoms with Crippen molar-refractivity contribution in [3.05, 3.63) is 58.7 Å². The number of benzene rings is 1. The van der Waals surface area contributed by atoms with Gasteiger partial charge in [0, 0.05) is 25.0 Å². The molecule has 2 rings (SSSR count). The minimum atomic E-state index is -0.933. The van der Waals surface area contributed by atoms with Gasteiger partial charge in [-0.25, -0.2) is 9.18 Å². The summed E-state index contributed by atoms with van der Waals surface area (Å²) in [4.78, 5) is 24.1. The summed E-state index contributed by atoms with van der Waals surface area (Å²) in [5.74, 6) is -2.25. The number of esters is 1. The van der Waals surface area contributed by atoms with Crippen molar-refractivity contribution in [2.45, 2.75) is 20.4 Å². The number of ether oxygens (including phenoxy) is 2. The highest BCUT2D eigenvalue weighted by atomic mass is 19.1. The Kier molecular flexibility index (Phi) is 7.69. The number of nitrogens with zero attached hydrogens (tertiary/aromatic N) is 2. The van der Waals surface area contributed by atoms with E-state index < -0.39 is 24.3 Å². The zero-order valence-electron chi connectivity index (χ0n) is 16.5. The highest BCUT2D eigenvalue weighted by Crippen LogP contribution is 2.19. The second kappa shape index (κ2) is 10.2. The molecule has 1 aromatic heterocycles. The first kappa shape index (κ1) is 21.9. The molecule has 152 valence electrons. The zero-order valence-corrected chi connectivity index (χ0v) is 16.5. The van der Waals surface area contributed by atoms with Crippen molar-refractivity contribution in [2.24, 2.45) is 0 Å². The molecule has 0 atom stereocenters. The van der Waals surface area contributed by atoms with Gasteiger partial charge in [-0.2, -0.15) is 5.26 Å². The number of nitrogens with one attached hydrogen (secondary N) is 1. The van der Waals surface area contributed by atoms with Crippen LogP contribution in [0.2, 0.25) is 0 Å². The van der Waals surface area contributed by atoms with Gasteiger partial charge in [-0.1, -0.05) is 12.1 Å². The van der Waals surface area contributed by atoms with Crippen LogP contribution in [0.15, 0.2) is 35.9 Å². The van der Waals surface area contributed by atoms with Crippen LogP contribution >= 0.6 is 0 Å². The molecule has 1 amide bonds. The van der Waals surface area contributed by atoms with Crippen LogP contribution in [-0.4, -0.2) is 36.8 Å². The van der Waals surface area contributed by atoms with Crippen molar-refractivity contribution >= 4 is 23.6 Å². The first-order valence-electron chi connectivity index (χ1n) is 8.86. The third kappa shape index (κ3) is 5.77. The number of methoxy groups -OCH3 is 1. The van der Waals surface area contributed by atoms with Gasteiger partial charge in [-0.3, -0.25) is 4.79 Å². The number of aryl methyl sites for hydroxylation is 1. The first-order chi connectivity index (χ1) is 13.9. The molecule has 1 N–H and O–H groups in total. The summed E-state index contributed by atoms with van der Waals surface area (Å²) >= 11 is 0. The molecule has 0 spiro atoms. The SMILES string of the molecule is COCCn1c(C)cc(/C=C(\C#N)C(=O)OCC(=O)Nc2ccccc2F)c1C. The number of carbonyl (C=O) groups excluding carboxylic acids is 2. The molecule has 0 unspecified atom stereocenters. The van der Waals surface area contributed by atoms with E-state index in [2.05, 4.69) is 5.32 Å². The molecule has 2 aromatic rings. The fraction of sp³-hybridized carbons (Fsp3) is 0.286. The number of halogens is 1. The van der Waals surface area contributed by atoms with Crippen LogP contribution in [0, 0.1) is 31.0 Å². The van der Waals surface area contributed by atoms with Crippen molar-refractivity contribution in [3.8, 4) is 6.07 Å². The fourth-order valence-electron chi connectivity index (χ4n) is 2.75. The van der Waals surface area contributed by atoms with Gasteiger partial charge in [-0.15, -0.1) is 0 Å². The minimum absolute atomic E-state index is 0.0203. The van der Waals surface area contributed by atoms with Gasteiger partial charge in [0.1, 0.15) is 17.5 Å². The lowest BCUT2D eigenvalue weighted by atomic mass is 10.1. The van der Waals surface area contributed by atoms with E-state index in [-0.39, 0.29) is 11.3 Å². The second-order valence-corrected chi connectivity index (χ2v) is 6.24. The van der Waals surface area contributed by atoms with Crippen LogP contribution in [0.1, 0.15) is 17.0 Å². The number of nitriles is 1. The molecule has 0 aliphatic rings. The molecule has 1 heterocycles. The fourth-order valence-corrected chi connectivity index (χ4v) is 2.75. The van der Waals surface area contributed by atoms with Gasteiger partial charge < -0.3 is 19.4 Å². The maximum atomic E-state index is 13.5. The molecule has 0 bridgehead atoms. The Bertz CT molecular complexity index is 973. The van der Waals surface area contributed by atoms with Crippen LogP contribution in [-0.2, 0) is 25.6 Å². The number of para-hydroxylation sites is 1. The molecular weight excluding hydrogens is 377 g/mol. The lowest BCUT2D eigenvalue weighted by molar-refractivity contribution is -0.142. The van der Waals surface area contributed by atoms with Gasteiger partial charge in [0.05, 0.1) is 12.3 Å². The molecule has 29 heavy (non-hydrogen) atoms. The maximum absolute atomic E-state index is 13.5. The summed E-state index contributed by atoms with van der Waals surface area (Å²) in [5.41, 5.74) is 2.27. The molecule has 0 aliphatic heterocycles. The van der Waals surface area contributed by atoms with E-state index in [0.717, 1.165) is 11.4 Å². The molecule has 0 aliphatic carbocycles. The van der Waals surface area contributed by atoms with Crippen molar-refractivity contribution in [1.82, 2.24) is 4.57 Å². The van der Waals surface area contributed by atoms with Gasteiger partial charge in [0.2, 0.25) is 0 Å². The highest BCUT2D eigenvalue weighted by molar-refractivity contribution is 6.00. The van der Waals surface area contributed by atoms with Crippen molar-refractivity contribution < 1.29 is 23.5 Å². The largest absolute Gasteiger partial charge is 0.451 e. The summed E-state index contributed by atoms with van der Waals surface area (Å²) in [6, 6.07) is 9.27. The number of anilines is 1. The van der Waals surface area contributed by atoms with Gasteiger partial charge >= 0.3 is 5.97 Å². The number of amides is 1. The Morgan fingerprint density at radius 1 is 1.31 bits per heavy atom. The van der Waals surface area contributed by atoms with E-state index in [1.165, 1.54) is 24.3 Å². The summed E-state index contributed by atoms with van der Waals surface area (Å²) in [5, 5.41) is 11.6. The third-order valence-electron chi connectivity index (χ3n) is 4.25. The van der Waals surface area contributed by atoms with E-state index in [1.54, 1.807) is 19.2 Å². The monoisotopic (exact) mass is 399 g/mol. The lowest BCUT2D eigenvalue weighted by Gasteiger charge is -2.08. The normalized spacial score (nSPS) is 11.1. The standard InChI is InChI=1S/C21H22FN3O4/c1-14-10-16(15(2)25(14)8-9-28-3)11-17(12-23)21(27)29-13-20(26)24-19-7-5-4-6-18(19)22/h4-7,10-11H,8-9,13H2,1-3H3,(H,24,26)/b17-11+. The summed E-state index contributed by atoms with van der Waals surface area (Å²) in [6.07, 6.45) is 1.42. The quantitative estimate of drug-likeness (QED) is 0.418. The number of rotatable bonds is 8. The van der Waals surface area contributed by atoms with Crippen LogP contribution in [0.4, 0.5) is 10.1 Å². The number of aromatic nitrogens is 1. The third-order valence-corrected chi connectivity index (χ3v) is 4.25. The molecule has 0 saturated carbocycles. The smallest absolute Gasteiger partial charge is 0.349 e. The molecule has 1 aromatic carbocycles. The zero-order chi connectivity index (χ0) is 21.4. The van der Waals surface area contributed by atoms with E-state index in [0.29, 0.717) is 18.7 Å². The van der Waals surface area contributed by atoms with Gasteiger partial charge in [0.15, 0.2) is 6.61 Å². The molecule has 0 radical (unpaired) electrons. The second-order valence-electron chi connectivity index (χ2n) is 6.24. The van der Waals surface area contributed by atoms with E-state index in [4.69, 9.17) is 9.47 Å². The summed E-state index contributed by atoms with van der Waals surface area (Å²) in [6.45, 7) is 4.32. The number of hydrogen-bond acceptors (Lipinski definition) is 5. The molecule has 8 heteroatoms. The van der Waals surface area contributed by atoms with E-state index in [1.807, 2.05) is 24.5 Å². The predicted molar refractivity (Wildman–Crippen MR) is 105 cm³/mol. The Labute approximate surface area is 168 Å². The van der Waals surface area contributed by atoms with E-state index in [9.17, 15) is 19.2 Å². The maximum Gasteiger partial charge on any atom is 0.349 e. The number of carbonyl (C=O) groups is 2. The Morgan fingerprint density at radius 2 is 2.03 bits per heavy atom. The van der Waals surface area contributed by atoms with Crippen LogP contribution in [0.25, 0.3) is 6.08 Å². The minimum Gasteiger partial charge on any atom is -0.451 e. The van der Waals surface area contributed by atoms with Crippen LogP contribution in [0.3, 0.4) is 0 Å². The van der Waals surface area contributed by atoms with Crippen molar-refractivity contribution in [3.63, 3.8) is 0 Å². The number of hydrogen-bond donors (Lipinski definition) is 1. The highest BCUT2D eigenvalue weighted by Gasteiger charge is 2.16. The Balaban J connectivity index is 2.04. The lowest BCUT2D eigenvalue weighted by Crippen LogP contribution is -2.21. The van der Waals surface area contributed by atoms with Crippen LogP contribution < -0.4 is 5.32 Å². The first-order valence-corrected chi connectivity index (χ1v) is 8.86.